The molecule has 1 heterocycles. The number of hydrogen-bond donors (Lipinski definition) is 3. The van der Waals surface area contributed by atoms with Crippen LogP contribution in [-0.4, -0.2) is 12.5 Å². The number of carbonyl (C=O) groups is 1. The van der Waals surface area contributed by atoms with Crippen molar-refractivity contribution in [2.24, 2.45) is 0 Å². The summed E-state index contributed by atoms with van der Waals surface area (Å²) in [4.78, 5) is 11.7. The number of anilines is 2. The molecule has 0 aliphatic heterocycles. The minimum Gasteiger partial charge on any atom is -0.467 e. The van der Waals surface area contributed by atoms with E-state index in [9.17, 15) is 4.79 Å². The van der Waals surface area contributed by atoms with Gasteiger partial charge in [-0.15, -0.1) is 0 Å². The first-order valence-electron chi connectivity index (χ1n) is 6.14. The lowest BCUT2D eigenvalue weighted by Crippen LogP contribution is -2.22. The van der Waals surface area contributed by atoms with Crippen molar-refractivity contribution in [1.82, 2.24) is 5.32 Å². The second kappa shape index (κ2) is 5.95. The van der Waals surface area contributed by atoms with Gasteiger partial charge in [-0.2, -0.15) is 0 Å². The molecule has 1 aromatic carbocycles. The average molecular weight is 259 g/mol. The van der Waals surface area contributed by atoms with Crippen molar-refractivity contribution in [3.8, 4) is 0 Å². The Labute approximate surface area is 111 Å². The molecule has 0 aliphatic carbocycles. The number of nitrogen functional groups attached to an aromatic ring is 1. The highest BCUT2D eigenvalue weighted by atomic mass is 16.3. The van der Waals surface area contributed by atoms with Gasteiger partial charge in [0.25, 0.3) is 5.91 Å². The molecule has 0 spiro atoms. The molecule has 0 bridgehead atoms. The van der Waals surface area contributed by atoms with E-state index in [2.05, 4.69) is 10.6 Å². The summed E-state index contributed by atoms with van der Waals surface area (Å²) in [5, 5.41) is 5.91. The lowest BCUT2D eigenvalue weighted by Gasteiger charge is -2.10. The smallest absolute Gasteiger partial charge is 0.251 e. The lowest BCUT2D eigenvalue weighted by molar-refractivity contribution is 0.0956. The Morgan fingerprint density at radius 1 is 1.37 bits per heavy atom. The maximum absolute atomic E-state index is 11.7. The van der Waals surface area contributed by atoms with Gasteiger partial charge in [0.05, 0.1) is 24.2 Å². The summed E-state index contributed by atoms with van der Waals surface area (Å²) in [5.74, 6) is 0.700. The first-order valence-corrected chi connectivity index (χ1v) is 6.14. The van der Waals surface area contributed by atoms with Gasteiger partial charge in [0.1, 0.15) is 5.76 Å². The largest absolute Gasteiger partial charge is 0.467 e. The van der Waals surface area contributed by atoms with Crippen molar-refractivity contribution < 1.29 is 9.21 Å². The van der Waals surface area contributed by atoms with E-state index in [1.165, 1.54) is 0 Å². The second-order valence-corrected chi connectivity index (χ2v) is 4.09. The SMILES string of the molecule is CCNC(=O)c1ccc(N)c(NCc2ccco2)c1. The van der Waals surface area contributed by atoms with Crippen LogP contribution >= 0.6 is 0 Å². The zero-order chi connectivity index (χ0) is 13.7. The highest BCUT2D eigenvalue weighted by molar-refractivity contribution is 5.96. The Morgan fingerprint density at radius 3 is 2.89 bits per heavy atom. The van der Waals surface area contributed by atoms with Crippen LogP contribution in [0.5, 0.6) is 0 Å². The molecule has 1 aromatic heterocycles. The van der Waals surface area contributed by atoms with Crippen molar-refractivity contribution in [2.75, 3.05) is 17.6 Å². The van der Waals surface area contributed by atoms with Crippen LogP contribution in [0.1, 0.15) is 23.0 Å². The predicted octanol–water partition coefficient (Wildman–Crippen LogP) is 2.22. The van der Waals surface area contributed by atoms with E-state index in [-0.39, 0.29) is 5.91 Å². The van der Waals surface area contributed by atoms with Crippen LogP contribution in [0.25, 0.3) is 0 Å². The minimum absolute atomic E-state index is 0.108. The second-order valence-electron chi connectivity index (χ2n) is 4.09. The van der Waals surface area contributed by atoms with E-state index in [0.29, 0.717) is 24.3 Å². The van der Waals surface area contributed by atoms with E-state index in [1.807, 2.05) is 19.1 Å². The number of amides is 1. The molecule has 5 nitrogen and oxygen atoms in total. The van der Waals surface area contributed by atoms with Crippen LogP contribution in [0.2, 0.25) is 0 Å². The van der Waals surface area contributed by atoms with E-state index in [4.69, 9.17) is 10.2 Å². The fourth-order valence-electron chi connectivity index (χ4n) is 1.71. The van der Waals surface area contributed by atoms with Crippen LogP contribution in [0.4, 0.5) is 11.4 Å². The Balaban J connectivity index is 2.10. The Morgan fingerprint density at radius 2 is 2.21 bits per heavy atom. The molecular weight excluding hydrogens is 242 g/mol. The van der Waals surface area contributed by atoms with E-state index < -0.39 is 0 Å². The van der Waals surface area contributed by atoms with Crippen LogP contribution in [0.15, 0.2) is 41.0 Å². The van der Waals surface area contributed by atoms with Crippen molar-refractivity contribution in [2.45, 2.75) is 13.5 Å². The van der Waals surface area contributed by atoms with Crippen LogP contribution in [0.3, 0.4) is 0 Å². The zero-order valence-corrected chi connectivity index (χ0v) is 10.8. The van der Waals surface area contributed by atoms with Gasteiger partial charge in [0.15, 0.2) is 0 Å². The zero-order valence-electron chi connectivity index (χ0n) is 10.8. The highest BCUT2D eigenvalue weighted by Crippen LogP contribution is 2.21. The van der Waals surface area contributed by atoms with Crippen LogP contribution in [0, 0.1) is 0 Å². The number of rotatable bonds is 5. The monoisotopic (exact) mass is 259 g/mol. The molecule has 4 N–H and O–H groups in total. The normalized spacial score (nSPS) is 10.2. The molecule has 0 atom stereocenters. The molecule has 0 saturated heterocycles. The Kier molecular flexibility index (Phi) is 4.07. The maximum Gasteiger partial charge on any atom is 0.251 e. The molecule has 2 rings (SSSR count). The number of hydrogen-bond acceptors (Lipinski definition) is 4. The molecular formula is C14H17N3O2. The molecule has 19 heavy (non-hydrogen) atoms. The topological polar surface area (TPSA) is 80.3 Å². The van der Waals surface area contributed by atoms with Gasteiger partial charge in [0.2, 0.25) is 0 Å². The standard InChI is InChI=1S/C14H17N3O2/c1-2-16-14(18)10-5-6-12(15)13(8-10)17-9-11-4-3-7-19-11/h3-8,17H,2,9,15H2,1H3,(H,16,18). The molecule has 0 saturated carbocycles. The molecule has 0 unspecified atom stereocenters. The summed E-state index contributed by atoms with van der Waals surface area (Å²) in [5.41, 5.74) is 7.78. The van der Waals surface area contributed by atoms with Crippen molar-refractivity contribution in [3.63, 3.8) is 0 Å². The van der Waals surface area contributed by atoms with Crippen LogP contribution < -0.4 is 16.4 Å². The summed E-state index contributed by atoms with van der Waals surface area (Å²) in [6, 6.07) is 8.86. The fourth-order valence-corrected chi connectivity index (χ4v) is 1.71. The minimum atomic E-state index is -0.108. The van der Waals surface area contributed by atoms with Crippen molar-refractivity contribution in [1.29, 1.82) is 0 Å². The van der Waals surface area contributed by atoms with Gasteiger partial charge >= 0.3 is 0 Å². The number of benzene rings is 1. The molecule has 2 aromatic rings. The third kappa shape index (κ3) is 3.28. The first-order chi connectivity index (χ1) is 9.20. The van der Waals surface area contributed by atoms with Crippen molar-refractivity contribution in [3.05, 3.63) is 47.9 Å². The molecule has 5 heteroatoms. The quantitative estimate of drug-likeness (QED) is 0.719. The van der Waals surface area contributed by atoms with Crippen molar-refractivity contribution >= 4 is 17.3 Å². The summed E-state index contributed by atoms with van der Waals surface area (Å²) >= 11 is 0. The lowest BCUT2D eigenvalue weighted by atomic mass is 10.1. The molecule has 0 fully saturated rings. The molecule has 1 amide bonds. The predicted molar refractivity (Wildman–Crippen MR) is 74.9 cm³/mol. The Bertz CT molecular complexity index is 550. The van der Waals surface area contributed by atoms with Gasteiger partial charge in [-0.05, 0) is 37.3 Å². The van der Waals surface area contributed by atoms with Gasteiger partial charge in [-0.25, -0.2) is 0 Å². The third-order valence-electron chi connectivity index (χ3n) is 2.69. The average Bonchev–Trinajstić information content (AvgIpc) is 2.91. The van der Waals surface area contributed by atoms with E-state index in [1.54, 1.807) is 24.5 Å². The summed E-state index contributed by atoms with van der Waals surface area (Å²) in [7, 11) is 0. The maximum atomic E-state index is 11.7. The Hall–Kier alpha value is -2.43. The van der Waals surface area contributed by atoms with Crippen LogP contribution in [-0.2, 0) is 6.54 Å². The number of nitrogens with two attached hydrogens (primary N) is 1. The van der Waals surface area contributed by atoms with Gasteiger partial charge in [0, 0.05) is 12.1 Å². The molecule has 0 radical (unpaired) electrons. The summed E-state index contributed by atoms with van der Waals surface area (Å²) < 4.78 is 5.23. The number of furan rings is 1. The highest BCUT2D eigenvalue weighted by Gasteiger charge is 2.07. The molecule has 0 aliphatic rings. The summed E-state index contributed by atoms with van der Waals surface area (Å²) in [6.45, 7) is 3.00. The fraction of sp³-hybridized carbons (Fsp3) is 0.214. The third-order valence-corrected chi connectivity index (χ3v) is 2.69. The van der Waals surface area contributed by atoms with E-state index >= 15 is 0 Å². The molecule has 100 valence electrons. The van der Waals surface area contributed by atoms with Gasteiger partial charge in [-0.3, -0.25) is 4.79 Å². The van der Waals surface area contributed by atoms with Gasteiger partial charge in [-0.1, -0.05) is 0 Å². The van der Waals surface area contributed by atoms with Gasteiger partial charge < -0.3 is 20.8 Å². The first kappa shape index (κ1) is 13.0. The number of nitrogens with one attached hydrogen (secondary N) is 2. The van der Waals surface area contributed by atoms with E-state index in [0.717, 1.165) is 11.4 Å². The summed E-state index contributed by atoms with van der Waals surface area (Å²) in [6.07, 6.45) is 1.62. The number of carbonyl (C=O) groups excluding carboxylic acids is 1.